The van der Waals surface area contributed by atoms with Crippen LogP contribution in [0, 0.1) is 11.3 Å². The van der Waals surface area contributed by atoms with E-state index in [-0.39, 0.29) is 5.92 Å². The van der Waals surface area contributed by atoms with Crippen LogP contribution >= 0.6 is 11.6 Å². The molecule has 2 rings (SSSR count). The number of para-hydroxylation sites is 1. The molecule has 0 radical (unpaired) electrons. The van der Waals surface area contributed by atoms with Gasteiger partial charge in [0.25, 0.3) is 0 Å². The summed E-state index contributed by atoms with van der Waals surface area (Å²) in [6.45, 7) is 2.60. The van der Waals surface area contributed by atoms with Gasteiger partial charge in [-0.1, -0.05) is 54.9 Å². The minimum absolute atomic E-state index is 0.243. The molecular formula is C18H18ClNO. The van der Waals surface area contributed by atoms with Gasteiger partial charge in [0.1, 0.15) is 5.75 Å². The Morgan fingerprint density at radius 3 is 2.57 bits per heavy atom. The number of nitrogens with zero attached hydrogens (tertiary/aromatic N) is 1. The highest BCUT2D eigenvalue weighted by molar-refractivity contribution is 6.31. The molecule has 0 saturated heterocycles. The topological polar surface area (TPSA) is 33.0 Å². The average Bonchev–Trinajstić information content (AvgIpc) is 2.53. The predicted octanol–water partition coefficient (Wildman–Crippen LogP) is 4.98. The molecule has 2 nitrogen and oxygen atoms in total. The van der Waals surface area contributed by atoms with Gasteiger partial charge in [-0.2, -0.15) is 5.26 Å². The molecule has 108 valence electrons. The Kier molecular flexibility index (Phi) is 5.66. The summed E-state index contributed by atoms with van der Waals surface area (Å²) in [4.78, 5) is 0. The highest BCUT2D eigenvalue weighted by atomic mass is 35.5. The quantitative estimate of drug-likeness (QED) is 0.753. The first-order valence-corrected chi connectivity index (χ1v) is 7.48. The van der Waals surface area contributed by atoms with E-state index in [4.69, 9.17) is 16.3 Å². The summed E-state index contributed by atoms with van der Waals surface area (Å²) in [5, 5.41) is 9.97. The Labute approximate surface area is 130 Å². The maximum absolute atomic E-state index is 9.34. The molecule has 1 atom stereocenters. The summed E-state index contributed by atoms with van der Waals surface area (Å²) in [6, 6.07) is 17.8. The summed E-state index contributed by atoms with van der Waals surface area (Å²) in [5.41, 5.74) is 2.05. The molecule has 0 saturated carbocycles. The van der Waals surface area contributed by atoms with Crippen LogP contribution in [0.1, 0.15) is 30.4 Å². The smallest absolute Gasteiger partial charge is 0.122 e. The zero-order valence-electron chi connectivity index (χ0n) is 12.1. The zero-order chi connectivity index (χ0) is 15.1. The Balaban J connectivity index is 1.99. The molecule has 0 aromatic heterocycles. The Morgan fingerprint density at radius 1 is 1.14 bits per heavy atom. The lowest BCUT2D eigenvalue weighted by molar-refractivity contribution is 0.303. The molecule has 0 aliphatic carbocycles. The van der Waals surface area contributed by atoms with Crippen molar-refractivity contribution in [2.45, 2.75) is 25.7 Å². The lowest BCUT2D eigenvalue weighted by Crippen LogP contribution is -2.06. The van der Waals surface area contributed by atoms with Crippen molar-refractivity contribution in [2.24, 2.45) is 0 Å². The third kappa shape index (κ3) is 4.00. The Bertz CT molecular complexity index is 633. The van der Waals surface area contributed by atoms with Crippen molar-refractivity contribution < 1.29 is 4.74 Å². The molecule has 0 spiro atoms. The normalized spacial score (nSPS) is 11.7. The summed E-state index contributed by atoms with van der Waals surface area (Å²) in [7, 11) is 0. The van der Waals surface area contributed by atoms with Crippen LogP contribution in [0.15, 0.2) is 48.5 Å². The van der Waals surface area contributed by atoms with Crippen LogP contribution in [0.25, 0.3) is 0 Å². The van der Waals surface area contributed by atoms with Crippen molar-refractivity contribution >= 4 is 11.6 Å². The van der Waals surface area contributed by atoms with Crippen LogP contribution in [-0.2, 0) is 6.42 Å². The number of ether oxygens (including phenoxy) is 1. The molecule has 0 N–H and O–H groups in total. The third-order valence-electron chi connectivity index (χ3n) is 3.45. The lowest BCUT2D eigenvalue weighted by atomic mass is 9.97. The molecule has 0 amide bonds. The SMILES string of the molecule is CCc1ccccc1OCCC(C#N)c1ccccc1Cl. The maximum atomic E-state index is 9.34. The molecular weight excluding hydrogens is 282 g/mol. The van der Waals surface area contributed by atoms with E-state index >= 15 is 0 Å². The predicted molar refractivity (Wildman–Crippen MR) is 85.7 cm³/mol. The fourth-order valence-corrected chi connectivity index (χ4v) is 2.54. The van der Waals surface area contributed by atoms with E-state index in [0.29, 0.717) is 18.1 Å². The second-order valence-electron chi connectivity index (χ2n) is 4.80. The zero-order valence-corrected chi connectivity index (χ0v) is 12.8. The van der Waals surface area contributed by atoms with Crippen LogP contribution < -0.4 is 4.74 Å². The van der Waals surface area contributed by atoms with Gasteiger partial charge in [-0.15, -0.1) is 0 Å². The largest absolute Gasteiger partial charge is 0.493 e. The molecule has 21 heavy (non-hydrogen) atoms. The summed E-state index contributed by atoms with van der Waals surface area (Å²) in [6.07, 6.45) is 1.56. The third-order valence-corrected chi connectivity index (χ3v) is 3.80. The molecule has 0 bridgehead atoms. The van der Waals surface area contributed by atoms with E-state index in [2.05, 4.69) is 19.1 Å². The van der Waals surface area contributed by atoms with Crippen LogP contribution in [0.3, 0.4) is 0 Å². The van der Waals surface area contributed by atoms with Crippen LogP contribution in [0.2, 0.25) is 5.02 Å². The molecule has 2 aromatic rings. The molecule has 0 heterocycles. The number of nitriles is 1. The summed E-state index contributed by atoms with van der Waals surface area (Å²) in [5.74, 6) is 0.656. The number of aryl methyl sites for hydroxylation is 1. The van der Waals surface area contributed by atoms with Crippen molar-refractivity contribution in [3.8, 4) is 11.8 Å². The number of hydrogen-bond donors (Lipinski definition) is 0. The van der Waals surface area contributed by atoms with Gasteiger partial charge in [-0.05, 0) is 29.7 Å². The number of benzene rings is 2. The van der Waals surface area contributed by atoms with Gasteiger partial charge in [0.15, 0.2) is 0 Å². The standard InChI is InChI=1S/C18H18ClNO/c1-2-14-7-3-6-10-18(14)21-12-11-15(13-20)16-8-4-5-9-17(16)19/h3-10,15H,2,11-12H2,1H3. The second-order valence-corrected chi connectivity index (χ2v) is 5.21. The van der Waals surface area contributed by atoms with E-state index in [1.807, 2.05) is 42.5 Å². The Hall–Kier alpha value is -1.98. The van der Waals surface area contributed by atoms with E-state index in [9.17, 15) is 5.26 Å². The molecule has 0 aliphatic rings. The van der Waals surface area contributed by atoms with E-state index < -0.39 is 0 Å². The first-order chi connectivity index (χ1) is 10.3. The lowest BCUT2D eigenvalue weighted by Gasteiger charge is -2.13. The maximum Gasteiger partial charge on any atom is 0.122 e. The van der Waals surface area contributed by atoms with Crippen molar-refractivity contribution in [2.75, 3.05) is 6.61 Å². The number of hydrogen-bond acceptors (Lipinski definition) is 2. The summed E-state index contributed by atoms with van der Waals surface area (Å²) >= 11 is 6.15. The molecule has 2 aromatic carbocycles. The van der Waals surface area contributed by atoms with Gasteiger partial charge in [0.05, 0.1) is 18.6 Å². The highest BCUT2D eigenvalue weighted by Crippen LogP contribution is 2.27. The monoisotopic (exact) mass is 299 g/mol. The molecule has 0 aliphatic heterocycles. The van der Waals surface area contributed by atoms with Gasteiger partial charge in [-0.3, -0.25) is 0 Å². The van der Waals surface area contributed by atoms with Crippen molar-refractivity contribution in [1.82, 2.24) is 0 Å². The van der Waals surface area contributed by atoms with Crippen LogP contribution in [0.5, 0.6) is 5.75 Å². The molecule has 0 fully saturated rings. The summed E-state index contributed by atoms with van der Waals surface area (Å²) < 4.78 is 5.83. The van der Waals surface area contributed by atoms with E-state index in [0.717, 1.165) is 17.7 Å². The minimum Gasteiger partial charge on any atom is -0.493 e. The van der Waals surface area contributed by atoms with Gasteiger partial charge < -0.3 is 4.74 Å². The Morgan fingerprint density at radius 2 is 1.86 bits per heavy atom. The first-order valence-electron chi connectivity index (χ1n) is 7.11. The molecule has 3 heteroatoms. The van der Waals surface area contributed by atoms with Crippen molar-refractivity contribution in [3.05, 3.63) is 64.7 Å². The molecule has 1 unspecified atom stereocenters. The number of rotatable bonds is 6. The number of halogens is 1. The van der Waals surface area contributed by atoms with Gasteiger partial charge >= 0.3 is 0 Å². The second kappa shape index (κ2) is 7.71. The van der Waals surface area contributed by atoms with Crippen molar-refractivity contribution in [3.63, 3.8) is 0 Å². The van der Waals surface area contributed by atoms with Gasteiger partial charge in [0, 0.05) is 11.4 Å². The fraction of sp³-hybridized carbons (Fsp3) is 0.278. The average molecular weight is 300 g/mol. The van der Waals surface area contributed by atoms with E-state index in [1.165, 1.54) is 5.56 Å². The first kappa shape index (κ1) is 15.4. The van der Waals surface area contributed by atoms with E-state index in [1.54, 1.807) is 0 Å². The van der Waals surface area contributed by atoms with Crippen LogP contribution in [-0.4, -0.2) is 6.61 Å². The van der Waals surface area contributed by atoms with Gasteiger partial charge in [0.2, 0.25) is 0 Å². The van der Waals surface area contributed by atoms with Crippen molar-refractivity contribution in [1.29, 1.82) is 5.26 Å². The highest BCUT2D eigenvalue weighted by Gasteiger charge is 2.14. The minimum atomic E-state index is -0.243. The fourth-order valence-electron chi connectivity index (χ4n) is 2.27. The van der Waals surface area contributed by atoms with Crippen LogP contribution in [0.4, 0.5) is 0 Å². The van der Waals surface area contributed by atoms with Gasteiger partial charge in [-0.25, -0.2) is 0 Å².